The number of ether oxygens (including phenoxy) is 1. The average Bonchev–Trinajstić information content (AvgIpc) is 2.89. The van der Waals surface area contributed by atoms with E-state index < -0.39 is 12.1 Å². The molecule has 1 unspecified atom stereocenters. The van der Waals surface area contributed by atoms with Crippen LogP contribution in [0.4, 0.5) is 4.79 Å². The maximum atomic E-state index is 11.9. The second kappa shape index (κ2) is 9.79. The van der Waals surface area contributed by atoms with Crippen molar-refractivity contribution in [1.29, 1.82) is 5.26 Å². The highest BCUT2D eigenvalue weighted by Crippen LogP contribution is 2.12. The Morgan fingerprint density at radius 3 is 2.78 bits per heavy atom. The van der Waals surface area contributed by atoms with Crippen LogP contribution in [0.25, 0.3) is 0 Å². The highest BCUT2D eigenvalue weighted by atomic mass is 32.1. The summed E-state index contributed by atoms with van der Waals surface area (Å²) in [4.78, 5) is 29.0. The lowest BCUT2D eigenvalue weighted by Crippen LogP contribution is -2.47. The molecule has 0 aliphatic rings. The van der Waals surface area contributed by atoms with Crippen LogP contribution in [-0.4, -0.2) is 36.2 Å². The van der Waals surface area contributed by atoms with E-state index in [9.17, 15) is 9.59 Å². The summed E-state index contributed by atoms with van der Waals surface area (Å²) in [6, 6.07) is 1.13. The van der Waals surface area contributed by atoms with E-state index in [1.54, 1.807) is 5.51 Å². The number of thiazole rings is 1. The molecule has 0 radical (unpaired) electrons. The number of aryl methyl sites for hydroxylation is 1. The highest BCUT2D eigenvalue weighted by Gasteiger charge is 2.22. The van der Waals surface area contributed by atoms with Crippen molar-refractivity contribution in [3.8, 4) is 6.07 Å². The normalized spacial score (nSPS) is 11.6. The molecule has 0 spiro atoms. The van der Waals surface area contributed by atoms with Crippen LogP contribution in [0.15, 0.2) is 5.51 Å². The zero-order valence-electron chi connectivity index (χ0n) is 13.6. The molecule has 2 N–H and O–H groups in total. The molecule has 1 aromatic rings. The number of nitrogens with zero attached hydrogens (tertiary/aromatic N) is 2. The van der Waals surface area contributed by atoms with Crippen molar-refractivity contribution in [2.24, 2.45) is 5.92 Å². The van der Waals surface area contributed by atoms with Gasteiger partial charge in [-0.2, -0.15) is 5.26 Å². The molecule has 0 saturated heterocycles. The predicted molar refractivity (Wildman–Crippen MR) is 86.9 cm³/mol. The van der Waals surface area contributed by atoms with Gasteiger partial charge in [0, 0.05) is 11.3 Å². The summed E-state index contributed by atoms with van der Waals surface area (Å²) in [6.45, 7) is 5.94. The third-order valence-electron chi connectivity index (χ3n) is 3.06. The molecule has 0 aliphatic heterocycles. The molecule has 23 heavy (non-hydrogen) atoms. The monoisotopic (exact) mass is 338 g/mol. The first-order valence-electron chi connectivity index (χ1n) is 7.41. The molecule has 0 aliphatic carbocycles. The lowest BCUT2D eigenvalue weighted by molar-refractivity contribution is -0.123. The number of hydrogen-bond donors (Lipinski definition) is 2. The molecule has 1 aromatic heterocycles. The number of nitrogens with one attached hydrogen (secondary N) is 2. The van der Waals surface area contributed by atoms with Crippen LogP contribution < -0.4 is 10.6 Å². The number of carbonyl (C=O) groups excluding carboxylic acids is 2. The van der Waals surface area contributed by atoms with Crippen LogP contribution >= 0.6 is 11.3 Å². The largest absolute Gasteiger partial charge is 0.449 e. The Morgan fingerprint density at radius 1 is 1.48 bits per heavy atom. The van der Waals surface area contributed by atoms with Gasteiger partial charge >= 0.3 is 6.09 Å². The SMILES string of the molecule is Cc1ncsc1CCOC(=O)NC(CC(C)C)C(=O)NCC#N. The minimum atomic E-state index is -0.707. The van der Waals surface area contributed by atoms with Gasteiger partial charge in [0.15, 0.2) is 0 Å². The van der Waals surface area contributed by atoms with Crippen molar-refractivity contribution in [1.82, 2.24) is 15.6 Å². The summed E-state index contributed by atoms with van der Waals surface area (Å²) in [5, 5.41) is 13.5. The molecule has 1 heterocycles. The third kappa shape index (κ3) is 7.10. The van der Waals surface area contributed by atoms with Crippen LogP contribution in [0.1, 0.15) is 30.8 Å². The average molecular weight is 338 g/mol. The molecular formula is C15H22N4O3S. The number of amides is 2. The summed E-state index contributed by atoms with van der Waals surface area (Å²) >= 11 is 1.52. The van der Waals surface area contributed by atoms with Gasteiger partial charge in [-0.15, -0.1) is 11.3 Å². The van der Waals surface area contributed by atoms with Gasteiger partial charge in [0.1, 0.15) is 12.6 Å². The lowest BCUT2D eigenvalue weighted by Gasteiger charge is -2.19. The van der Waals surface area contributed by atoms with Gasteiger partial charge in [0.25, 0.3) is 0 Å². The second-order valence-electron chi connectivity index (χ2n) is 5.45. The standard InChI is InChI=1S/C15H22N4O3S/c1-10(2)8-12(14(20)17-6-5-16)19-15(21)22-7-4-13-11(3)18-9-23-13/h9-10,12H,4,6-8H2,1-3H3,(H,17,20)(H,19,21). The number of aromatic nitrogens is 1. The fraction of sp³-hybridized carbons (Fsp3) is 0.600. The van der Waals surface area contributed by atoms with E-state index in [2.05, 4.69) is 15.6 Å². The molecule has 7 nitrogen and oxygen atoms in total. The number of carbonyl (C=O) groups is 2. The Balaban J connectivity index is 2.44. The van der Waals surface area contributed by atoms with Crippen molar-refractivity contribution in [2.45, 2.75) is 39.7 Å². The molecule has 1 rings (SSSR count). The minimum absolute atomic E-state index is 0.0885. The number of alkyl carbamates (subject to hydrolysis) is 1. The van der Waals surface area contributed by atoms with E-state index >= 15 is 0 Å². The van der Waals surface area contributed by atoms with Crippen molar-refractivity contribution in [2.75, 3.05) is 13.2 Å². The van der Waals surface area contributed by atoms with Gasteiger partial charge in [-0.05, 0) is 19.3 Å². The molecule has 0 aromatic carbocycles. The Morgan fingerprint density at radius 2 is 2.22 bits per heavy atom. The maximum Gasteiger partial charge on any atom is 0.407 e. The predicted octanol–water partition coefficient (Wildman–Crippen LogP) is 1.77. The van der Waals surface area contributed by atoms with Gasteiger partial charge in [-0.1, -0.05) is 13.8 Å². The Bertz CT molecular complexity index is 565. The maximum absolute atomic E-state index is 11.9. The number of nitriles is 1. The number of hydrogen-bond acceptors (Lipinski definition) is 6. The Hall–Kier alpha value is -2.14. The minimum Gasteiger partial charge on any atom is -0.449 e. The van der Waals surface area contributed by atoms with Crippen molar-refractivity contribution < 1.29 is 14.3 Å². The summed E-state index contributed by atoms with van der Waals surface area (Å²) in [6.07, 6.45) is 0.435. The van der Waals surface area contributed by atoms with Gasteiger partial charge < -0.3 is 15.4 Å². The lowest BCUT2D eigenvalue weighted by atomic mass is 10.0. The van der Waals surface area contributed by atoms with Gasteiger partial charge in [-0.25, -0.2) is 9.78 Å². The van der Waals surface area contributed by atoms with E-state index in [1.807, 2.05) is 26.8 Å². The van der Waals surface area contributed by atoms with Gasteiger partial charge in [0.2, 0.25) is 5.91 Å². The van der Waals surface area contributed by atoms with E-state index in [4.69, 9.17) is 10.00 Å². The molecule has 0 saturated carbocycles. The summed E-state index contributed by atoms with van der Waals surface area (Å²) in [5.41, 5.74) is 2.69. The molecule has 1 atom stereocenters. The van der Waals surface area contributed by atoms with Crippen LogP contribution in [0, 0.1) is 24.2 Å². The van der Waals surface area contributed by atoms with E-state index in [0.717, 1.165) is 10.6 Å². The number of rotatable bonds is 8. The van der Waals surface area contributed by atoms with Crippen LogP contribution in [0.5, 0.6) is 0 Å². The Kier molecular flexibility index (Phi) is 8.05. The van der Waals surface area contributed by atoms with E-state index in [0.29, 0.717) is 12.8 Å². The van der Waals surface area contributed by atoms with Gasteiger partial charge in [-0.3, -0.25) is 4.79 Å². The molecule has 0 fully saturated rings. The van der Waals surface area contributed by atoms with E-state index in [1.165, 1.54) is 11.3 Å². The zero-order chi connectivity index (χ0) is 17.2. The third-order valence-corrected chi connectivity index (χ3v) is 4.06. The Labute approximate surface area is 140 Å². The van der Waals surface area contributed by atoms with E-state index in [-0.39, 0.29) is 25.0 Å². The van der Waals surface area contributed by atoms with Crippen molar-refractivity contribution in [3.63, 3.8) is 0 Å². The van der Waals surface area contributed by atoms with Crippen molar-refractivity contribution in [3.05, 3.63) is 16.1 Å². The van der Waals surface area contributed by atoms with Crippen LogP contribution in [0.2, 0.25) is 0 Å². The molecular weight excluding hydrogens is 316 g/mol. The topological polar surface area (TPSA) is 104 Å². The molecule has 8 heteroatoms. The first-order valence-corrected chi connectivity index (χ1v) is 8.29. The summed E-state index contributed by atoms with van der Waals surface area (Å²) < 4.78 is 5.12. The van der Waals surface area contributed by atoms with Crippen LogP contribution in [0.3, 0.4) is 0 Å². The molecule has 126 valence electrons. The van der Waals surface area contributed by atoms with Crippen LogP contribution in [-0.2, 0) is 16.0 Å². The fourth-order valence-corrected chi connectivity index (χ4v) is 2.70. The smallest absolute Gasteiger partial charge is 0.407 e. The molecule has 2 amide bonds. The summed E-state index contributed by atoms with van der Waals surface area (Å²) in [7, 11) is 0. The summed E-state index contributed by atoms with van der Waals surface area (Å²) in [5.74, 6) is -0.163. The highest BCUT2D eigenvalue weighted by molar-refractivity contribution is 7.09. The van der Waals surface area contributed by atoms with Gasteiger partial charge in [0.05, 0.1) is 23.9 Å². The first-order chi connectivity index (χ1) is 10.9. The second-order valence-corrected chi connectivity index (χ2v) is 6.39. The fourth-order valence-electron chi connectivity index (χ4n) is 1.94. The first kappa shape index (κ1) is 18.9. The zero-order valence-corrected chi connectivity index (χ0v) is 14.4. The quantitative estimate of drug-likeness (QED) is 0.703. The molecule has 0 bridgehead atoms. The van der Waals surface area contributed by atoms with Crippen molar-refractivity contribution >= 4 is 23.3 Å².